The van der Waals surface area contributed by atoms with Gasteiger partial charge in [-0.25, -0.2) is 0 Å². The van der Waals surface area contributed by atoms with Gasteiger partial charge in [-0.15, -0.1) is 0 Å². The van der Waals surface area contributed by atoms with E-state index in [0.29, 0.717) is 0 Å². The minimum Gasteiger partial charge on any atom is -0.463 e. The Morgan fingerprint density at radius 2 is 1.46 bits per heavy atom. The van der Waals surface area contributed by atoms with Crippen LogP contribution in [0.5, 0.6) is 0 Å². The molecule has 26 heavy (non-hydrogen) atoms. The summed E-state index contributed by atoms with van der Waals surface area (Å²) >= 11 is 0. The van der Waals surface area contributed by atoms with Gasteiger partial charge in [0.25, 0.3) is 0 Å². The third-order valence-corrected chi connectivity index (χ3v) is 3.14. The number of nitrogens with zero attached hydrogens (tertiary/aromatic N) is 3. The van der Waals surface area contributed by atoms with Gasteiger partial charge >= 0.3 is 23.9 Å². The summed E-state index contributed by atoms with van der Waals surface area (Å²) in [6.07, 6.45) is -5.18. The van der Waals surface area contributed by atoms with Crippen molar-refractivity contribution < 1.29 is 42.9 Å². The molecule has 0 amide bonds. The fraction of sp³-hybridized carbons (Fsp3) is 0.714. The van der Waals surface area contributed by atoms with Gasteiger partial charge in [0, 0.05) is 32.6 Å². The first-order valence-electron chi connectivity index (χ1n) is 7.50. The van der Waals surface area contributed by atoms with Crippen LogP contribution in [-0.2, 0) is 42.9 Å². The summed E-state index contributed by atoms with van der Waals surface area (Å²) in [4.78, 5) is 47.9. The fourth-order valence-electron chi connectivity index (χ4n) is 2.33. The molecule has 0 radical (unpaired) electrons. The van der Waals surface area contributed by atoms with Crippen molar-refractivity contribution in [1.82, 2.24) is 0 Å². The van der Waals surface area contributed by atoms with E-state index >= 15 is 0 Å². The molecule has 0 aromatic heterocycles. The highest BCUT2D eigenvalue weighted by Crippen LogP contribution is 2.29. The van der Waals surface area contributed by atoms with Gasteiger partial charge < -0.3 is 23.7 Å². The van der Waals surface area contributed by atoms with Crippen LogP contribution in [0.4, 0.5) is 0 Å². The number of carbonyl (C=O) groups excluding carboxylic acids is 4. The zero-order valence-electron chi connectivity index (χ0n) is 14.6. The van der Waals surface area contributed by atoms with E-state index in [-0.39, 0.29) is 6.61 Å². The van der Waals surface area contributed by atoms with Crippen molar-refractivity contribution in [2.75, 3.05) is 6.61 Å². The van der Waals surface area contributed by atoms with Crippen LogP contribution in [0.25, 0.3) is 10.4 Å². The Hall–Kier alpha value is -2.85. The Morgan fingerprint density at radius 3 is 1.92 bits per heavy atom. The molecule has 5 atom stereocenters. The molecule has 1 saturated heterocycles. The Balaban J connectivity index is 3.28. The van der Waals surface area contributed by atoms with Crippen molar-refractivity contribution in [2.45, 2.75) is 58.3 Å². The molecular weight excluding hydrogens is 354 g/mol. The first-order valence-corrected chi connectivity index (χ1v) is 7.50. The average molecular weight is 373 g/mol. The molecule has 12 heteroatoms. The summed E-state index contributed by atoms with van der Waals surface area (Å²) in [5.41, 5.74) is 8.78. The molecule has 0 spiro atoms. The third kappa shape index (κ3) is 6.22. The standard InChI is InChI=1S/C14H19N3O9/c1-6(18)22-5-10-12(23-7(2)19)13(24-8(3)20)11(16-17-15)14(26-10)25-9(4)21/h10-14H,5H2,1-4H3/t10?,11?,12-,13?,14+/m1/s1. The molecule has 12 nitrogen and oxygen atoms in total. The van der Waals surface area contributed by atoms with Crippen molar-refractivity contribution in [1.29, 1.82) is 0 Å². The molecule has 1 rings (SSSR count). The number of carbonyl (C=O) groups is 4. The Morgan fingerprint density at radius 1 is 0.923 bits per heavy atom. The molecule has 0 bridgehead atoms. The van der Waals surface area contributed by atoms with Gasteiger partial charge in [0.05, 0.1) is 0 Å². The second kappa shape index (κ2) is 9.59. The van der Waals surface area contributed by atoms with Gasteiger partial charge in [0.2, 0.25) is 6.29 Å². The lowest BCUT2D eigenvalue weighted by Gasteiger charge is -2.42. The largest absolute Gasteiger partial charge is 0.463 e. The maximum absolute atomic E-state index is 11.5. The lowest BCUT2D eigenvalue weighted by atomic mass is 9.97. The summed E-state index contributed by atoms with van der Waals surface area (Å²) in [5, 5.41) is 3.44. The summed E-state index contributed by atoms with van der Waals surface area (Å²) in [7, 11) is 0. The Labute approximate surface area is 148 Å². The van der Waals surface area contributed by atoms with Gasteiger partial charge in [-0.3, -0.25) is 19.2 Å². The van der Waals surface area contributed by atoms with Crippen molar-refractivity contribution in [3.63, 3.8) is 0 Å². The number of esters is 4. The maximum Gasteiger partial charge on any atom is 0.304 e. The smallest absolute Gasteiger partial charge is 0.304 e. The van der Waals surface area contributed by atoms with Crippen molar-refractivity contribution in [3.8, 4) is 0 Å². The van der Waals surface area contributed by atoms with Crippen LogP contribution in [0.1, 0.15) is 27.7 Å². The quantitative estimate of drug-likeness (QED) is 0.210. The van der Waals surface area contributed by atoms with Crippen LogP contribution in [0.3, 0.4) is 0 Å². The predicted molar refractivity (Wildman–Crippen MR) is 81.1 cm³/mol. The van der Waals surface area contributed by atoms with E-state index in [4.69, 9.17) is 29.2 Å². The lowest BCUT2D eigenvalue weighted by molar-refractivity contribution is -0.267. The zero-order valence-corrected chi connectivity index (χ0v) is 14.6. The van der Waals surface area contributed by atoms with Gasteiger partial charge in [-0.1, -0.05) is 5.11 Å². The van der Waals surface area contributed by atoms with Gasteiger partial charge in [-0.05, 0) is 5.53 Å². The Bertz CT molecular complexity index is 617. The van der Waals surface area contributed by atoms with E-state index in [1.807, 2.05) is 0 Å². The number of ether oxygens (including phenoxy) is 5. The molecule has 0 saturated carbocycles. The molecule has 1 aliphatic heterocycles. The molecule has 0 N–H and O–H groups in total. The van der Waals surface area contributed by atoms with E-state index in [1.165, 1.54) is 0 Å². The first kappa shape index (κ1) is 21.2. The second-order valence-corrected chi connectivity index (χ2v) is 5.30. The minimum absolute atomic E-state index is 0.383. The summed E-state index contributed by atoms with van der Waals surface area (Å²) in [5.74, 6) is -2.90. The van der Waals surface area contributed by atoms with Crippen LogP contribution in [-0.4, -0.2) is 61.1 Å². The highest BCUT2D eigenvalue weighted by Gasteiger charge is 2.51. The number of azide groups is 1. The van der Waals surface area contributed by atoms with Crippen LogP contribution in [0.15, 0.2) is 5.11 Å². The molecule has 3 unspecified atom stereocenters. The van der Waals surface area contributed by atoms with E-state index in [0.717, 1.165) is 27.7 Å². The van der Waals surface area contributed by atoms with Gasteiger partial charge in [0.15, 0.2) is 12.2 Å². The molecule has 0 aromatic rings. The van der Waals surface area contributed by atoms with Crippen molar-refractivity contribution >= 4 is 23.9 Å². The van der Waals surface area contributed by atoms with Gasteiger partial charge in [0.1, 0.15) is 18.8 Å². The SMILES string of the molecule is CC(=O)OCC1O[C@H](OC(C)=O)C(N=[N+]=[N-])C(OC(C)=O)[C@@H]1OC(C)=O. The van der Waals surface area contributed by atoms with Crippen LogP contribution in [0, 0.1) is 0 Å². The van der Waals surface area contributed by atoms with Crippen LogP contribution in [0.2, 0.25) is 0 Å². The molecule has 144 valence electrons. The van der Waals surface area contributed by atoms with Gasteiger partial charge in [-0.2, -0.15) is 0 Å². The molecule has 1 aliphatic rings. The van der Waals surface area contributed by atoms with E-state index < -0.39 is 54.5 Å². The highest BCUT2D eigenvalue weighted by molar-refractivity contribution is 5.68. The Kier molecular flexibility index (Phi) is 7.81. The number of hydrogen-bond donors (Lipinski definition) is 0. The fourth-order valence-corrected chi connectivity index (χ4v) is 2.33. The van der Waals surface area contributed by atoms with Crippen LogP contribution >= 0.6 is 0 Å². The molecule has 0 aliphatic carbocycles. The van der Waals surface area contributed by atoms with E-state index in [2.05, 4.69) is 10.0 Å². The van der Waals surface area contributed by atoms with Crippen LogP contribution < -0.4 is 0 Å². The molecule has 0 aromatic carbocycles. The summed E-state index contributed by atoms with van der Waals surface area (Å²) in [6.45, 7) is 4.06. The van der Waals surface area contributed by atoms with E-state index in [1.54, 1.807) is 0 Å². The predicted octanol–water partition coefficient (Wildman–Crippen LogP) is 0.380. The minimum atomic E-state index is -1.44. The monoisotopic (exact) mass is 373 g/mol. The molecular formula is C14H19N3O9. The normalized spacial score (nSPS) is 27.5. The second-order valence-electron chi connectivity index (χ2n) is 5.30. The average Bonchev–Trinajstić information content (AvgIpc) is 2.49. The molecule has 1 fully saturated rings. The lowest BCUT2D eigenvalue weighted by Crippen LogP contribution is -2.61. The summed E-state index contributed by atoms with van der Waals surface area (Å²) in [6, 6.07) is -1.33. The number of hydrogen-bond acceptors (Lipinski definition) is 10. The maximum atomic E-state index is 11.5. The molecule has 1 heterocycles. The zero-order chi connectivity index (χ0) is 19.9. The van der Waals surface area contributed by atoms with E-state index in [9.17, 15) is 19.2 Å². The highest BCUT2D eigenvalue weighted by atomic mass is 16.7. The topological polar surface area (TPSA) is 163 Å². The third-order valence-electron chi connectivity index (χ3n) is 3.14. The van der Waals surface area contributed by atoms with Crippen molar-refractivity contribution in [3.05, 3.63) is 10.4 Å². The first-order chi connectivity index (χ1) is 12.1. The van der Waals surface area contributed by atoms with Crippen molar-refractivity contribution in [2.24, 2.45) is 5.11 Å². The summed E-state index contributed by atoms with van der Waals surface area (Å²) < 4.78 is 25.5. The number of rotatable bonds is 6.